The molecule has 140 valence electrons. The van der Waals surface area contributed by atoms with Crippen LogP contribution in [0.5, 0.6) is 0 Å². The van der Waals surface area contributed by atoms with Gasteiger partial charge in [0, 0.05) is 36.2 Å². The molecule has 26 heavy (non-hydrogen) atoms. The van der Waals surface area contributed by atoms with Crippen LogP contribution in [0, 0.1) is 6.92 Å². The number of hydrogen-bond acceptors (Lipinski definition) is 5. The molecule has 1 aromatic heterocycles. The van der Waals surface area contributed by atoms with Crippen LogP contribution in [0.25, 0.3) is 11.0 Å². The number of benzene rings is 1. The van der Waals surface area contributed by atoms with Crippen molar-refractivity contribution in [2.45, 2.75) is 46.1 Å². The second kappa shape index (κ2) is 8.03. The van der Waals surface area contributed by atoms with Gasteiger partial charge in [0.1, 0.15) is 11.2 Å². The first kappa shape index (κ1) is 19.5. The van der Waals surface area contributed by atoms with E-state index in [0.29, 0.717) is 24.2 Å². The molecule has 0 fully saturated rings. The zero-order chi connectivity index (χ0) is 19.3. The van der Waals surface area contributed by atoms with Crippen molar-refractivity contribution in [2.75, 3.05) is 11.9 Å². The standard InChI is InChI=1S/C19H24N2O5/c1-12-10-17(23)25-15-11-13(7-8-14(12)15)21-16(22)6-5-9-20-18(24)26-19(2,3)4/h7-8,10-11H,5-6,9H2,1-4H3,(H,20,24)(H,21,22). The minimum atomic E-state index is -0.551. The Labute approximate surface area is 151 Å². The SMILES string of the molecule is Cc1cc(=O)oc2cc(NC(=O)CCCNC(=O)OC(C)(C)C)ccc12. The fourth-order valence-electron chi connectivity index (χ4n) is 2.38. The third kappa shape index (κ3) is 5.91. The lowest BCUT2D eigenvalue weighted by Crippen LogP contribution is -2.33. The highest BCUT2D eigenvalue weighted by Crippen LogP contribution is 2.20. The highest BCUT2D eigenvalue weighted by atomic mass is 16.6. The third-order valence-electron chi connectivity index (χ3n) is 3.48. The molecule has 0 aliphatic carbocycles. The number of anilines is 1. The van der Waals surface area contributed by atoms with Crippen molar-refractivity contribution < 1.29 is 18.7 Å². The maximum atomic E-state index is 12.0. The predicted octanol–water partition coefficient (Wildman–Crippen LogP) is 3.34. The van der Waals surface area contributed by atoms with Gasteiger partial charge in [-0.15, -0.1) is 0 Å². The number of rotatable bonds is 5. The average molecular weight is 360 g/mol. The topological polar surface area (TPSA) is 97.6 Å². The van der Waals surface area contributed by atoms with Crippen LogP contribution in [0.2, 0.25) is 0 Å². The predicted molar refractivity (Wildman–Crippen MR) is 99.3 cm³/mol. The third-order valence-corrected chi connectivity index (χ3v) is 3.48. The normalized spacial score (nSPS) is 11.2. The summed E-state index contributed by atoms with van der Waals surface area (Å²) >= 11 is 0. The van der Waals surface area contributed by atoms with Crippen LogP contribution in [-0.2, 0) is 9.53 Å². The minimum absolute atomic E-state index is 0.190. The summed E-state index contributed by atoms with van der Waals surface area (Å²) in [6, 6.07) is 6.61. The maximum absolute atomic E-state index is 12.0. The quantitative estimate of drug-likeness (QED) is 0.629. The summed E-state index contributed by atoms with van der Waals surface area (Å²) in [7, 11) is 0. The van der Waals surface area contributed by atoms with Crippen molar-refractivity contribution in [3.05, 3.63) is 40.2 Å². The van der Waals surface area contributed by atoms with Gasteiger partial charge in [0.15, 0.2) is 0 Å². The summed E-state index contributed by atoms with van der Waals surface area (Å²) in [4.78, 5) is 35.0. The molecular weight excluding hydrogens is 336 g/mol. The van der Waals surface area contributed by atoms with Crippen LogP contribution in [0.3, 0.4) is 0 Å². The largest absolute Gasteiger partial charge is 0.444 e. The number of carbonyl (C=O) groups excluding carboxylic acids is 2. The Bertz CT molecular complexity index is 864. The summed E-state index contributed by atoms with van der Waals surface area (Å²) in [6.45, 7) is 7.52. The molecule has 0 aliphatic rings. The Morgan fingerprint density at radius 1 is 1.19 bits per heavy atom. The summed E-state index contributed by atoms with van der Waals surface area (Å²) < 4.78 is 10.3. The van der Waals surface area contributed by atoms with Gasteiger partial charge in [-0.05, 0) is 51.8 Å². The van der Waals surface area contributed by atoms with Gasteiger partial charge >= 0.3 is 11.7 Å². The molecule has 0 aliphatic heterocycles. The molecule has 2 amide bonds. The van der Waals surface area contributed by atoms with Crippen molar-refractivity contribution in [3.63, 3.8) is 0 Å². The van der Waals surface area contributed by atoms with E-state index in [9.17, 15) is 14.4 Å². The van der Waals surface area contributed by atoms with E-state index >= 15 is 0 Å². The van der Waals surface area contributed by atoms with E-state index in [1.807, 2.05) is 6.92 Å². The van der Waals surface area contributed by atoms with E-state index in [1.165, 1.54) is 6.07 Å². The van der Waals surface area contributed by atoms with Gasteiger partial charge in [0.25, 0.3) is 0 Å². The number of aryl methyl sites for hydroxylation is 1. The first-order valence-electron chi connectivity index (χ1n) is 8.45. The van der Waals surface area contributed by atoms with Crippen LogP contribution in [0.15, 0.2) is 33.5 Å². The van der Waals surface area contributed by atoms with Gasteiger partial charge in [0.05, 0.1) is 0 Å². The lowest BCUT2D eigenvalue weighted by atomic mass is 10.1. The Hall–Kier alpha value is -2.83. The van der Waals surface area contributed by atoms with Gasteiger partial charge in [-0.3, -0.25) is 4.79 Å². The Balaban J connectivity index is 1.84. The summed E-state index contributed by atoms with van der Waals surface area (Å²) in [5.41, 5.74) is 0.829. The van der Waals surface area contributed by atoms with Gasteiger partial charge < -0.3 is 19.8 Å². The molecule has 0 saturated carbocycles. The molecule has 0 radical (unpaired) electrons. The highest BCUT2D eigenvalue weighted by molar-refractivity contribution is 5.93. The van der Waals surface area contributed by atoms with Crippen LogP contribution in [0.4, 0.5) is 10.5 Å². The number of hydrogen-bond donors (Lipinski definition) is 2. The van der Waals surface area contributed by atoms with Crippen molar-refractivity contribution in [1.82, 2.24) is 5.32 Å². The van der Waals surface area contributed by atoms with E-state index in [1.54, 1.807) is 39.0 Å². The van der Waals surface area contributed by atoms with Gasteiger partial charge in [-0.25, -0.2) is 9.59 Å². The lowest BCUT2D eigenvalue weighted by Gasteiger charge is -2.19. The number of ether oxygens (including phenoxy) is 1. The molecule has 2 aromatic rings. The van der Waals surface area contributed by atoms with Crippen LogP contribution in [-0.4, -0.2) is 24.1 Å². The average Bonchev–Trinajstić information content (AvgIpc) is 2.49. The van der Waals surface area contributed by atoms with Crippen molar-refractivity contribution in [1.29, 1.82) is 0 Å². The smallest absolute Gasteiger partial charge is 0.407 e. The first-order valence-corrected chi connectivity index (χ1v) is 8.45. The Kier molecular flexibility index (Phi) is 6.02. The number of fused-ring (bicyclic) bond motifs is 1. The molecule has 7 nitrogen and oxygen atoms in total. The molecule has 2 rings (SSSR count). The molecule has 0 saturated heterocycles. The number of amides is 2. The van der Waals surface area contributed by atoms with E-state index in [0.717, 1.165) is 10.9 Å². The number of alkyl carbamates (subject to hydrolysis) is 1. The Morgan fingerprint density at radius 3 is 2.62 bits per heavy atom. The first-order chi connectivity index (χ1) is 12.1. The van der Waals surface area contributed by atoms with E-state index < -0.39 is 17.3 Å². The van der Waals surface area contributed by atoms with Crippen LogP contribution in [0.1, 0.15) is 39.2 Å². The van der Waals surface area contributed by atoms with E-state index in [2.05, 4.69) is 10.6 Å². The molecule has 1 aromatic carbocycles. The zero-order valence-electron chi connectivity index (χ0n) is 15.5. The number of carbonyl (C=O) groups is 2. The molecule has 2 N–H and O–H groups in total. The molecule has 0 unspecified atom stereocenters. The zero-order valence-corrected chi connectivity index (χ0v) is 15.5. The van der Waals surface area contributed by atoms with Gasteiger partial charge in [0.2, 0.25) is 5.91 Å². The second-order valence-electron chi connectivity index (χ2n) is 7.04. The second-order valence-corrected chi connectivity index (χ2v) is 7.04. The number of nitrogens with one attached hydrogen (secondary N) is 2. The van der Waals surface area contributed by atoms with Crippen LogP contribution < -0.4 is 16.3 Å². The molecular formula is C19H24N2O5. The fraction of sp³-hybridized carbons (Fsp3) is 0.421. The van der Waals surface area contributed by atoms with E-state index in [-0.39, 0.29) is 12.3 Å². The van der Waals surface area contributed by atoms with Crippen molar-refractivity contribution in [3.8, 4) is 0 Å². The van der Waals surface area contributed by atoms with Gasteiger partial charge in [-0.1, -0.05) is 0 Å². The highest BCUT2D eigenvalue weighted by Gasteiger charge is 2.15. The molecule has 0 bridgehead atoms. The van der Waals surface area contributed by atoms with Crippen molar-refractivity contribution >= 4 is 28.7 Å². The van der Waals surface area contributed by atoms with Crippen molar-refractivity contribution in [2.24, 2.45) is 0 Å². The lowest BCUT2D eigenvalue weighted by molar-refractivity contribution is -0.116. The molecule has 7 heteroatoms. The van der Waals surface area contributed by atoms with E-state index in [4.69, 9.17) is 9.15 Å². The van der Waals surface area contributed by atoms with Gasteiger partial charge in [-0.2, -0.15) is 0 Å². The van der Waals surface area contributed by atoms with Crippen LogP contribution >= 0.6 is 0 Å². The Morgan fingerprint density at radius 2 is 1.92 bits per heavy atom. The summed E-state index contributed by atoms with van der Waals surface area (Å²) in [6.07, 6.45) is 0.219. The molecule has 1 heterocycles. The molecule has 0 spiro atoms. The monoisotopic (exact) mass is 360 g/mol. The summed E-state index contributed by atoms with van der Waals surface area (Å²) in [5.74, 6) is -0.190. The maximum Gasteiger partial charge on any atom is 0.407 e. The fourth-order valence-corrected chi connectivity index (χ4v) is 2.38. The minimum Gasteiger partial charge on any atom is -0.444 e. The molecule has 0 atom stereocenters. The summed E-state index contributed by atoms with van der Waals surface area (Å²) in [5, 5.41) is 6.18.